The molecule has 0 heterocycles. The van der Waals surface area contributed by atoms with E-state index in [1.165, 1.54) is 23.9 Å². The second-order valence-corrected chi connectivity index (χ2v) is 9.16. The largest absolute Gasteiger partial charge is 0.573 e. The van der Waals surface area contributed by atoms with Gasteiger partial charge in [0.15, 0.2) is 6.61 Å². The highest BCUT2D eigenvalue weighted by molar-refractivity contribution is 7.99. The van der Waals surface area contributed by atoms with Crippen molar-refractivity contribution >= 4 is 23.3 Å². The molecule has 0 aliphatic carbocycles. The van der Waals surface area contributed by atoms with E-state index >= 15 is 0 Å². The van der Waals surface area contributed by atoms with Crippen molar-refractivity contribution in [2.24, 2.45) is 0 Å². The molecule has 0 bridgehead atoms. The Kier molecular flexibility index (Phi) is 8.76. The van der Waals surface area contributed by atoms with Crippen LogP contribution in [0, 0.1) is 0 Å². The molecule has 0 unspecified atom stereocenters. The third kappa shape index (κ3) is 7.66. The van der Waals surface area contributed by atoms with Crippen molar-refractivity contribution in [2.75, 3.05) is 12.4 Å². The molecule has 0 saturated carbocycles. The van der Waals surface area contributed by atoms with Crippen molar-refractivity contribution in [1.82, 2.24) is 0 Å². The van der Waals surface area contributed by atoms with Crippen LogP contribution in [0.2, 0.25) is 0 Å². The fourth-order valence-corrected chi connectivity index (χ4v) is 4.53. The van der Waals surface area contributed by atoms with Gasteiger partial charge in [0.05, 0.1) is 0 Å². The highest BCUT2D eigenvalue weighted by Gasteiger charge is 2.32. The van der Waals surface area contributed by atoms with E-state index in [4.69, 9.17) is 9.84 Å². The average molecular weight is 537 g/mol. The lowest BCUT2D eigenvalue weighted by Gasteiger charge is -2.16. The topological polar surface area (TPSA) is 55.8 Å². The molecule has 4 aromatic rings. The van der Waals surface area contributed by atoms with E-state index in [9.17, 15) is 18.0 Å². The first kappa shape index (κ1) is 26.9. The first-order valence-electron chi connectivity index (χ1n) is 11.6. The van der Waals surface area contributed by atoms with Gasteiger partial charge in [-0.15, -0.1) is 24.9 Å². The average Bonchev–Trinajstić information content (AvgIpc) is 2.91. The summed E-state index contributed by atoms with van der Waals surface area (Å²) >= 11 is 1.48. The maximum Gasteiger partial charge on any atom is 0.573 e. The minimum atomic E-state index is -4.82. The number of carboxylic acid groups (broad SMARTS) is 1. The molecular weight excluding hydrogens is 513 g/mol. The third-order valence-corrected chi connectivity index (χ3v) is 6.37. The number of aliphatic carboxylic acids is 1. The molecule has 8 heteroatoms. The molecule has 0 aliphatic rings. The van der Waals surface area contributed by atoms with Crippen LogP contribution in [0.15, 0.2) is 114 Å². The molecule has 4 rings (SSSR count). The summed E-state index contributed by atoms with van der Waals surface area (Å²) in [6.07, 6.45) is -2.95. The van der Waals surface area contributed by atoms with Gasteiger partial charge in [0, 0.05) is 16.2 Å². The van der Waals surface area contributed by atoms with E-state index in [2.05, 4.69) is 4.74 Å². The zero-order valence-corrected chi connectivity index (χ0v) is 20.8. The predicted molar refractivity (Wildman–Crippen MR) is 142 cm³/mol. The number of benzene rings is 4. The van der Waals surface area contributed by atoms with Gasteiger partial charge >= 0.3 is 12.3 Å². The van der Waals surface area contributed by atoms with E-state index in [0.29, 0.717) is 22.6 Å². The zero-order valence-electron chi connectivity index (χ0n) is 20.0. The van der Waals surface area contributed by atoms with Gasteiger partial charge in [-0.25, -0.2) is 4.79 Å². The molecule has 0 radical (unpaired) electrons. The maximum absolute atomic E-state index is 13.1. The lowest BCUT2D eigenvalue weighted by Crippen LogP contribution is -2.18. The summed E-state index contributed by atoms with van der Waals surface area (Å²) in [6, 6.07) is 30.5. The summed E-state index contributed by atoms with van der Waals surface area (Å²) in [5, 5.41) is 8.73. The van der Waals surface area contributed by atoms with E-state index in [0.717, 1.165) is 21.6 Å². The number of thioether (sulfide) groups is 1. The van der Waals surface area contributed by atoms with E-state index in [-0.39, 0.29) is 5.75 Å². The number of para-hydroxylation sites is 1. The number of rotatable bonds is 10. The number of hydrogen-bond donors (Lipinski definition) is 1. The maximum atomic E-state index is 13.1. The van der Waals surface area contributed by atoms with E-state index in [1.54, 1.807) is 36.4 Å². The highest BCUT2D eigenvalue weighted by atomic mass is 32.2. The van der Waals surface area contributed by atoms with E-state index in [1.807, 2.05) is 60.7 Å². The molecule has 4 aromatic carbocycles. The number of carbonyl (C=O) groups is 1. The van der Waals surface area contributed by atoms with Crippen molar-refractivity contribution in [1.29, 1.82) is 0 Å². The predicted octanol–water partition coefficient (Wildman–Crippen LogP) is 7.94. The fourth-order valence-electron chi connectivity index (χ4n) is 3.76. The number of ether oxygens (including phenoxy) is 2. The minimum absolute atomic E-state index is 0.275. The first-order chi connectivity index (χ1) is 18.3. The molecule has 1 N–H and O–H groups in total. The molecule has 38 heavy (non-hydrogen) atoms. The van der Waals surface area contributed by atoms with Gasteiger partial charge in [-0.3, -0.25) is 0 Å². The SMILES string of the molecule is O=C(O)COc1ccc(SC/C=C(\c2ccc(-c3ccccc3)cc2)c2ccccc2OC(F)(F)F)cc1. The van der Waals surface area contributed by atoms with Gasteiger partial charge in [0.25, 0.3) is 0 Å². The van der Waals surface area contributed by atoms with Crippen molar-refractivity contribution < 1.29 is 32.5 Å². The van der Waals surface area contributed by atoms with Crippen molar-refractivity contribution in [3.8, 4) is 22.6 Å². The van der Waals surface area contributed by atoms with Gasteiger partial charge in [0.2, 0.25) is 0 Å². The third-order valence-electron chi connectivity index (χ3n) is 5.43. The Labute approximate surface area is 222 Å². The molecule has 0 aromatic heterocycles. The van der Waals surface area contributed by atoms with Crippen molar-refractivity contribution in [3.63, 3.8) is 0 Å². The Morgan fingerprint density at radius 3 is 2.11 bits per heavy atom. The molecule has 0 saturated heterocycles. The van der Waals surface area contributed by atoms with Gasteiger partial charge in [-0.2, -0.15) is 0 Å². The lowest BCUT2D eigenvalue weighted by atomic mass is 9.95. The van der Waals surface area contributed by atoms with Crippen LogP contribution in [0.4, 0.5) is 13.2 Å². The molecule has 0 amide bonds. The smallest absolute Gasteiger partial charge is 0.482 e. The minimum Gasteiger partial charge on any atom is -0.482 e. The molecule has 0 fully saturated rings. The lowest BCUT2D eigenvalue weighted by molar-refractivity contribution is -0.274. The fraction of sp³-hybridized carbons (Fsp3) is 0.100. The second-order valence-electron chi connectivity index (χ2n) is 8.07. The summed E-state index contributed by atoms with van der Waals surface area (Å²) in [4.78, 5) is 11.6. The molecule has 194 valence electrons. The van der Waals surface area contributed by atoms with Crippen LogP contribution in [0.3, 0.4) is 0 Å². The normalized spacial score (nSPS) is 11.7. The van der Waals surface area contributed by atoms with Crippen LogP contribution < -0.4 is 9.47 Å². The molecule has 0 aliphatic heterocycles. The summed E-state index contributed by atoms with van der Waals surface area (Å²) in [6.45, 7) is -0.430. The Hall–Kier alpha value is -4.17. The summed E-state index contributed by atoms with van der Waals surface area (Å²) in [7, 11) is 0. The molecule has 0 atom stereocenters. The monoisotopic (exact) mass is 536 g/mol. The van der Waals surface area contributed by atoms with Gasteiger partial charge < -0.3 is 14.6 Å². The van der Waals surface area contributed by atoms with Crippen molar-refractivity contribution in [3.05, 3.63) is 120 Å². The molecular formula is C30H23F3O4S. The quantitative estimate of drug-likeness (QED) is 0.209. The summed E-state index contributed by atoms with van der Waals surface area (Å²) < 4.78 is 48.9. The van der Waals surface area contributed by atoms with E-state index < -0.39 is 18.9 Å². The Bertz CT molecular complexity index is 1380. The zero-order chi connectivity index (χ0) is 27.0. The standard InChI is InChI=1S/C30H23F3O4S/c31-30(32,33)37-28-9-5-4-8-27(28)26(23-12-10-22(11-13-23)21-6-2-1-3-7-21)18-19-38-25-16-14-24(15-17-25)36-20-29(34)35/h1-18H,19-20H2,(H,34,35)/b26-18+. The van der Waals surface area contributed by atoms with Crippen LogP contribution in [0.25, 0.3) is 16.7 Å². The Balaban J connectivity index is 1.61. The van der Waals surface area contributed by atoms with Crippen LogP contribution in [0.5, 0.6) is 11.5 Å². The van der Waals surface area contributed by atoms with Crippen LogP contribution >= 0.6 is 11.8 Å². The van der Waals surface area contributed by atoms with Gasteiger partial charge in [-0.05, 0) is 52.6 Å². The Morgan fingerprint density at radius 1 is 0.816 bits per heavy atom. The molecule has 0 spiro atoms. The molecule has 4 nitrogen and oxygen atoms in total. The number of halogens is 3. The number of carboxylic acids is 1. The van der Waals surface area contributed by atoms with Crippen LogP contribution in [-0.2, 0) is 4.79 Å². The summed E-state index contributed by atoms with van der Waals surface area (Å²) in [5.74, 6) is -0.438. The second kappa shape index (κ2) is 12.4. The first-order valence-corrected chi connectivity index (χ1v) is 12.6. The summed E-state index contributed by atoms with van der Waals surface area (Å²) in [5.41, 5.74) is 3.72. The van der Waals surface area contributed by atoms with Crippen molar-refractivity contribution in [2.45, 2.75) is 11.3 Å². The Morgan fingerprint density at radius 2 is 1.45 bits per heavy atom. The van der Waals surface area contributed by atoms with Crippen LogP contribution in [0.1, 0.15) is 11.1 Å². The number of hydrogen-bond acceptors (Lipinski definition) is 4. The van der Waals surface area contributed by atoms with Crippen LogP contribution in [-0.4, -0.2) is 29.8 Å². The van der Waals surface area contributed by atoms with Gasteiger partial charge in [0.1, 0.15) is 11.5 Å². The number of alkyl halides is 3. The van der Waals surface area contributed by atoms with Gasteiger partial charge in [-0.1, -0.05) is 78.9 Å². The highest BCUT2D eigenvalue weighted by Crippen LogP contribution is 2.36.